The van der Waals surface area contributed by atoms with Crippen LogP contribution < -0.4 is 5.32 Å². The highest BCUT2D eigenvalue weighted by Gasteiger charge is 2.23. The molecule has 0 aliphatic rings. The van der Waals surface area contributed by atoms with Crippen LogP contribution in [0, 0.1) is 11.8 Å². The van der Waals surface area contributed by atoms with Gasteiger partial charge in [-0.25, -0.2) is 0 Å². The second-order valence-corrected chi connectivity index (χ2v) is 5.18. The monoisotopic (exact) mass is 227 g/mol. The van der Waals surface area contributed by atoms with Crippen LogP contribution in [0.1, 0.15) is 73.1 Å². The molecule has 0 bridgehead atoms. The average molecular weight is 227 g/mol. The van der Waals surface area contributed by atoms with E-state index in [1.807, 2.05) is 0 Å². The maximum absolute atomic E-state index is 3.78. The van der Waals surface area contributed by atoms with E-state index in [9.17, 15) is 0 Å². The first-order chi connectivity index (χ1) is 7.71. The van der Waals surface area contributed by atoms with Gasteiger partial charge in [-0.05, 0) is 31.2 Å². The van der Waals surface area contributed by atoms with Crippen molar-refractivity contribution in [3.8, 4) is 0 Å². The Morgan fingerprint density at radius 2 is 1.62 bits per heavy atom. The standard InChI is InChI=1S/C15H33N/c1-6-10-11-14(9-4)15(13(5)8-3)16-12-7-2/h13-16H,6-12H2,1-5H3. The summed E-state index contributed by atoms with van der Waals surface area (Å²) >= 11 is 0. The Morgan fingerprint density at radius 1 is 0.938 bits per heavy atom. The van der Waals surface area contributed by atoms with E-state index in [-0.39, 0.29) is 0 Å². The van der Waals surface area contributed by atoms with Crippen molar-refractivity contribution >= 4 is 0 Å². The van der Waals surface area contributed by atoms with Gasteiger partial charge >= 0.3 is 0 Å². The highest BCUT2D eigenvalue weighted by Crippen LogP contribution is 2.24. The van der Waals surface area contributed by atoms with Gasteiger partial charge in [0, 0.05) is 6.04 Å². The maximum atomic E-state index is 3.78. The van der Waals surface area contributed by atoms with Crippen LogP contribution in [0.4, 0.5) is 0 Å². The first-order valence-electron chi connectivity index (χ1n) is 7.44. The molecular formula is C15H33N. The Bertz CT molecular complexity index is 144. The van der Waals surface area contributed by atoms with Crippen LogP contribution in [-0.4, -0.2) is 12.6 Å². The van der Waals surface area contributed by atoms with E-state index >= 15 is 0 Å². The zero-order valence-corrected chi connectivity index (χ0v) is 12.2. The van der Waals surface area contributed by atoms with Gasteiger partial charge in [-0.2, -0.15) is 0 Å². The van der Waals surface area contributed by atoms with Gasteiger partial charge in [0.1, 0.15) is 0 Å². The fraction of sp³-hybridized carbons (Fsp3) is 1.00. The van der Waals surface area contributed by atoms with Crippen molar-refractivity contribution in [2.24, 2.45) is 11.8 Å². The fourth-order valence-electron chi connectivity index (χ4n) is 2.50. The quantitative estimate of drug-likeness (QED) is 0.574. The van der Waals surface area contributed by atoms with Gasteiger partial charge in [0.25, 0.3) is 0 Å². The molecule has 1 N–H and O–H groups in total. The van der Waals surface area contributed by atoms with E-state index in [2.05, 4.69) is 39.9 Å². The molecule has 0 spiro atoms. The Morgan fingerprint density at radius 3 is 2.06 bits per heavy atom. The predicted molar refractivity (Wildman–Crippen MR) is 74.8 cm³/mol. The molecule has 0 aliphatic carbocycles. The molecule has 0 aromatic rings. The highest BCUT2D eigenvalue weighted by molar-refractivity contribution is 4.79. The number of unbranched alkanes of at least 4 members (excludes halogenated alkanes) is 1. The maximum Gasteiger partial charge on any atom is 0.0121 e. The normalized spacial score (nSPS) is 17.1. The summed E-state index contributed by atoms with van der Waals surface area (Å²) in [6.07, 6.45) is 7.99. The minimum absolute atomic E-state index is 0.737. The van der Waals surface area contributed by atoms with Crippen molar-refractivity contribution < 1.29 is 0 Å². The van der Waals surface area contributed by atoms with Crippen molar-refractivity contribution in [3.63, 3.8) is 0 Å². The summed E-state index contributed by atoms with van der Waals surface area (Å²) in [6, 6.07) is 0.737. The molecule has 0 saturated carbocycles. The lowest BCUT2D eigenvalue weighted by Crippen LogP contribution is -2.41. The van der Waals surface area contributed by atoms with E-state index in [0.29, 0.717) is 0 Å². The van der Waals surface area contributed by atoms with Crippen LogP contribution in [-0.2, 0) is 0 Å². The SMILES string of the molecule is CCCCC(CC)C(NCCC)C(C)CC. The summed E-state index contributed by atoms with van der Waals surface area (Å²) in [5, 5.41) is 3.78. The Balaban J connectivity index is 4.29. The molecule has 0 heterocycles. The average Bonchev–Trinajstić information content (AvgIpc) is 2.32. The summed E-state index contributed by atoms with van der Waals surface area (Å²) in [7, 11) is 0. The topological polar surface area (TPSA) is 12.0 Å². The van der Waals surface area contributed by atoms with Gasteiger partial charge in [0.15, 0.2) is 0 Å². The van der Waals surface area contributed by atoms with Crippen LogP contribution in [0.25, 0.3) is 0 Å². The van der Waals surface area contributed by atoms with Crippen molar-refractivity contribution in [1.29, 1.82) is 0 Å². The smallest absolute Gasteiger partial charge is 0.0121 e. The first-order valence-corrected chi connectivity index (χ1v) is 7.44. The molecule has 98 valence electrons. The summed E-state index contributed by atoms with van der Waals surface area (Å²) in [5.74, 6) is 1.69. The van der Waals surface area contributed by atoms with Crippen LogP contribution in [0.3, 0.4) is 0 Å². The molecule has 0 amide bonds. The molecule has 0 aromatic carbocycles. The lowest BCUT2D eigenvalue weighted by Gasteiger charge is -2.32. The number of hydrogen-bond donors (Lipinski definition) is 1. The number of rotatable bonds is 10. The molecule has 0 fully saturated rings. The molecular weight excluding hydrogens is 194 g/mol. The van der Waals surface area contributed by atoms with Crippen molar-refractivity contribution in [1.82, 2.24) is 5.32 Å². The van der Waals surface area contributed by atoms with E-state index in [1.165, 1.54) is 45.1 Å². The van der Waals surface area contributed by atoms with Gasteiger partial charge in [-0.3, -0.25) is 0 Å². The zero-order valence-electron chi connectivity index (χ0n) is 12.2. The predicted octanol–water partition coefficient (Wildman–Crippen LogP) is 4.62. The Hall–Kier alpha value is -0.0400. The molecule has 3 atom stereocenters. The molecule has 0 saturated heterocycles. The van der Waals surface area contributed by atoms with Gasteiger partial charge in [-0.15, -0.1) is 0 Å². The van der Waals surface area contributed by atoms with E-state index < -0.39 is 0 Å². The molecule has 16 heavy (non-hydrogen) atoms. The van der Waals surface area contributed by atoms with Gasteiger partial charge in [-0.1, -0.05) is 60.3 Å². The van der Waals surface area contributed by atoms with E-state index in [4.69, 9.17) is 0 Å². The second kappa shape index (κ2) is 10.1. The molecule has 0 rings (SSSR count). The summed E-state index contributed by atoms with van der Waals surface area (Å²) in [4.78, 5) is 0. The lowest BCUT2D eigenvalue weighted by atomic mass is 9.83. The highest BCUT2D eigenvalue weighted by atomic mass is 14.9. The Kier molecular flexibility index (Phi) is 10.1. The van der Waals surface area contributed by atoms with Crippen molar-refractivity contribution in [2.45, 2.75) is 79.2 Å². The third kappa shape index (κ3) is 5.89. The summed E-state index contributed by atoms with van der Waals surface area (Å²) < 4.78 is 0. The zero-order chi connectivity index (χ0) is 12.4. The molecule has 0 radical (unpaired) electrons. The molecule has 3 unspecified atom stereocenters. The number of nitrogens with one attached hydrogen (secondary N) is 1. The van der Waals surface area contributed by atoms with E-state index in [0.717, 1.165) is 17.9 Å². The van der Waals surface area contributed by atoms with Crippen LogP contribution >= 0.6 is 0 Å². The minimum Gasteiger partial charge on any atom is -0.313 e. The van der Waals surface area contributed by atoms with Gasteiger partial charge in [0.05, 0.1) is 0 Å². The number of hydrogen-bond acceptors (Lipinski definition) is 1. The molecule has 0 aromatic heterocycles. The van der Waals surface area contributed by atoms with Crippen LogP contribution in [0.5, 0.6) is 0 Å². The van der Waals surface area contributed by atoms with Gasteiger partial charge < -0.3 is 5.32 Å². The largest absolute Gasteiger partial charge is 0.313 e. The summed E-state index contributed by atoms with van der Waals surface area (Å²) in [5.41, 5.74) is 0. The molecule has 1 heteroatoms. The fourth-order valence-corrected chi connectivity index (χ4v) is 2.50. The van der Waals surface area contributed by atoms with Gasteiger partial charge in [0.2, 0.25) is 0 Å². The first kappa shape index (κ1) is 16.0. The lowest BCUT2D eigenvalue weighted by molar-refractivity contribution is 0.242. The third-order valence-corrected chi connectivity index (χ3v) is 3.85. The molecule has 1 nitrogen and oxygen atoms in total. The minimum atomic E-state index is 0.737. The summed E-state index contributed by atoms with van der Waals surface area (Å²) in [6.45, 7) is 12.8. The second-order valence-electron chi connectivity index (χ2n) is 5.18. The van der Waals surface area contributed by atoms with Crippen LogP contribution in [0.2, 0.25) is 0 Å². The third-order valence-electron chi connectivity index (χ3n) is 3.85. The van der Waals surface area contributed by atoms with Crippen LogP contribution in [0.15, 0.2) is 0 Å². The molecule has 0 aliphatic heterocycles. The Labute approximate surface area is 103 Å². The van der Waals surface area contributed by atoms with Crippen molar-refractivity contribution in [2.75, 3.05) is 6.54 Å². The van der Waals surface area contributed by atoms with E-state index in [1.54, 1.807) is 0 Å². The van der Waals surface area contributed by atoms with Crippen molar-refractivity contribution in [3.05, 3.63) is 0 Å².